The maximum absolute atomic E-state index is 13.5. The summed E-state index contributed by atoms with van der Waals surface area (Å²) in [5, 5.41) is 6.63. The van der Waals surface area contributed by atoms with Crippen molar-refractivity contribution in [3.8, 4) is 11.5 Å². The van der Waals surface area contributed by atoms with Gasteiger partial charge in [-0.15, -0.1) is 11.3 Å². The number of rotatable bonds is 8. The summed E-state index contributed by atoms with van der Waals surface area (Å²) < 4.78 is 10.9. The number of methoxy groups -OCH3 is 1. The quantitative estimate of drug-likeness (QED) is 0.313. The van der Waals surface area contributed by atoms with Crippen molar-refractivity contribution in [1.29, 1.82) is 0 Å². The Morgan fingerprint density at radius 2 is 1.90 bits per heavy atom. The van der Waals surface area contributed by atoms with E-state index in [1.165, 1.54) is 11.3 Å². The lowest BCUT2D eigenvalue weighted by molar-refractivity contribution is -0.136. The first kappa shape index (κ1) is 25.8. The number of para-hydroxylation sites is 1. The van der Waals surface area contributed by atoms with Gasteiger partial charge >= 0.3 is 6.03 Å². The lowest BCUT2D eigenvalue weighted by Gasteiger charge is -2.39. The molecule has 204 valence electrons. The maximum atomic E-state index is 13.5. The van der Waals surface area contributed by atoms with E-state index in [0.29, 0.717) is 64.0 Å². The molecule has 4 aromatic rings. The number of hydrogen-bond donors (Lipinski definition) is 2. The van der Waals surface area contributed by atoms with Crippen LogP contribution in [0.15, 0.2) is 60.8 Å². The van der Waals surface area contributed by atoms with E-state index in [1.807, 2.05) is 55.5 Å². The Bertz CT molecular complexity index is 1620. The number of nitrogens with zero attached hydrogens (tertiary/aromatic N) is 3. The van der Waals surface area contributed by atoms with E-state index >= 15 is 0 Å². The normalized spacial score (nSPS) is 14.6. The molecule has 1 saturated heterocycles. The first-order valence-corrected chi connectivity index (χ1v) is 13.7. The third-order valence-corrected chi connectivity index (χ3v) is 8.03. The topological polar surface area (TPSA) is 113 Å². The number of aryl methyl sites for hydroxylation is 1. The number of urea groups is 1. The van der Waals surface area contributed by atoms with Gasteiger partial charge in [-0.25, -0.2) is 9.78 Å². The lowest BCUT2D eigenvalue weighted by atomic mass is 10.1. The fraction of sp³-hybridized carbons (Fsp3) is 0.241. The van der Waals surface area contributed by atoms with Crippen LogP contribution < -0.4 is 20.3 Å². The van der Waals surface area contributed by atoms with E-state index < -0.39 is 0 Å². The molecule has 0 aliphatic carbocycles. The summed E-state index contributed by atoms with van der Waals surface area (Å²) in [6.07, 6.45) is 1.96. The predicted molar refractivity (Wildman–Crippen MR) is 153 cm³/mol. The van der Waals surface area contributed by atoms with Gasteiger partial charge < -0.3 is 25.0 Å². The van der Waals surface area contributed by atoms with Crippen molar-refractivity contribution in [2.24, 2.45) is 0 Å². The number of aromatic nitrogens is 1. The first-order valence-electron chi connectivity index (χ1n) is 12.9. The Hall–Kier alpha value is -4.48. The van der Waals surface area contributed by atoms with Crippen molar-refractivity contribution in [3.05, 3.63) is 71.2 Å². The van der Waals surface area contributed by atoms with E-state index in [-0.39, 0.29) is 23.9 Å². The third kappa shape index (κ3) is 4.74. The number of carbonyl (C=O) groups is 3. The number of pyridine rings is 1. The van der Waals surface area contributed by atoms with Gasteiger partial charge in [0.2, 0.25) is 5.91 Å². The molecule has 2 N–H and O–H groups in total. The molecule has 0 saturated carbocycles. The molecule has 4 heterocycles. The van der Waals surface area contributed by atoms with Crippen LogP contribution in [0, 0.1) is 6.92 Å². The molecule has 0 bridgehead atoms. The number of anilines is 3. The van der Waals surface area contributed by atoms with Crippen LogP contribution in [-0.4, -0.2) is 60.6 Å². The number of likely N-dealkylation sites (tertiary alicyclic amines) is 1. The molecule has 2 aliphatic rings. The SMILES string of the molecule is COCCC(=O)N1CC(NC(=O)c2sc3nccc4c3c2NC(=O)N4c2ccc(Oc3ccccc3)cc2C)C1. The van der Waals surface area contributed by atoms with Gasteiger partial charge in [-0.1, -0.05) is 18.2 Å². The Balaban J connectivity index is 1.24. The van der Waals surface area contributed by atoms with Gasteiger partial charge in [-0.3, -0.25) is 14.5 Å². The number of amides is 4. The highest BCUT2D eigenvalue weighted by molar-refractivity contribution is 7.21. The van der Waals surface area contributed by atoms with Gasteiger partial charge in [0.1, 0.15) is 21.2 Å². The molecule has 0 unspecified atom stereocenters. The van der Waals surface area contributed by atoms with Crippen molar-refractivity contribution in [2.75, 3.05) is 37.0 Å². The molecule has 0 spiro atoms. The van der Waals surface area contributed by atoms with Crippen LogP contribution in [0.25, 0.3) is 10.2 Å². The van der Waals surface area contributed by atoms with Crippen LogP contribution in [0.5, 0.6) is 11.5 Å². The maximum Gasteiger partial charge on any atom is 0.331 e. The molecule has 4 amide bonds. The Labute approximate surface area is 234 Å². The number of carbonyl (C=O) groups excluding carboxylic acids is 3. The van der Waals surface area contributed by atoms with Gasteiger partial charge in [0, 0.05) is 26.4 Å². The van der Waals surface area contributed by atoms with Gasteiger partial charge in [-0.05, 0) is 48.9 Å². The molecule has 40 heavy (non-hydrogen) atoms. The van der Waals surface area contributed by atoms with E-state index in [1.54, 1.807) is 29.2 Å². The van der Waals surface area contributed by atoms with Crippen molar-refractivity contribution in [1.82, 2.24) is 15.2 Å². The minimum atomic E-state index is -0.370. The van der Waals surface area contributed by atoms with Crippen molar-refractivity contribution in [3.63, 3.8) is 0 Å². The minimum absolute atomic E-state index is 0.000421. The second-order valence-corrected chi connectivity index (χ2v) is 10.7. The minimum Gasteiger partial charge on any atom is -0.457 e. The first-order chi connectivity index (χ1) is 19.4. The molecule has 2 aromatic carbocycles. The van der Waals surface area contributed by atoms with Gasteiger partial charge in [-0.2, -0.15) is 0 Å². The average molecular weight is 558 g/mol. The lowest BCUT2D eigenvalue weighted by Crippen LogP contribution is -2.61. The second-order valence-electron chi connectivity index (χ2n) is 9.66. The largest absolute Gasteiger partial charge is 0.457 e. The molecule has 10 nitrogen and oxygen atoms in total. The smallest absolute Gasteiger partial charge is 0.331 e. The highest BCUT2D eigenvalue weighted by atomic mass is 32.1. The number of thiophene rings is 1. The average Bonchev–Trinajstić information content (AvgIpc) is 3.30. The van der Waals surface area contributed by atoms with E-state index in [9.17, 15) is 14.4 Å². The molecule has 0 atom stereocenters. The summed E-state index contributed by atoms with van der Waals surface area (Å²) in [6, 6.07) is 16.3. The highest BCUT2D eigenvalue weighted by Gasteiger charge is 2.36. The number of benzene rings is 2. The van der Waals surface area contributed by atoms with Crippen LogP contribution in [0.1, 0.15) is 21.7 Å². The monoisotopic (exact) mass is 557 g/mol. The summed E-state index contributed by atoms with van der Waals surface area (Å²) in [4.78, 5) is 47.6. The summed E-state index contributed by atoms with van der Waals surface area (Å²) in [7, 11) is 1.56. The molecule has 11 heteroatoms. The number of ether oxygens (including phenoxy) is 2. The van der Waals surface area contributed by atoms with Crippen molar-refractivity contribution in [2.45, 2.75) is 19.4 Å². The van der Waals surface area contributed by atoms with Crippen LogP contribution in [0.3, 0.4) is 0 Å². The summed E-state index contributed by atoms with van der Waals surface area (Å²) in [5.41, 5.74) is 2.65. The standard InChI is InChI=1S/C29H27N5O5S/c1-17-14-20(39-19-6-4-3-5-7-19)8-9-21(17)34-22-10-12-30-28-24(22)25(32-29(34)37)26(40-28)27(36)31-18-15-33(16-18)23(35)11-13-38-2/h3-10,12,14,18H,11,13,15-16H2,1-2H3,(H,31,36)(H,32,37). The molecular weight excluding hydrogens is 530 g/mol. The van der Waals surface area contributed by atoms with Gasteiger partial charge in [0.05, 0.1) is 41.5 Å². The predicted octanol–water partition coefficient (Wildman–Crippen LogP) is 5.06. The molecule has 1 fully saturated rings. The second kappa shape index (κ2) is 10.6. The zero-order valence-corrected chi connectivity index (χ0v) is 22.8. The highest BCUT2D eigenvalue weighted by Crippen LogP contribution is 2.46. The van der Waals surface area contributed by atoms with Crippen LogP contribution in [-0.2, 0) is 9.53 Å². The van der Waals surface area contributed by atoms with Gasteiger partial charge in [0.15, 0.2) is 0 Å². The molecule has 2 aliphatic heterocycles. The fourth-order valence-corrected chi connectivity index (χ4v) is 5.94. The van der Waals surface area contributed by atoms with E-state index in [0.717, 1.165) is 11.3 Å². The van der Waals surface area contributed by atoms with Crippen molar-refractivity contribution >= 4 is 56.5 Å². The van der Waals surface area contributed by atoms with Crippen LogP contribution in [0.2, 0.25) is 0 Å². The number of nitrogens with one attached hydrogen (secondary N) is 2. The zero-order chi connectivity index (χ0) is 27.8. The van der Waals surface area contributed by atoms with E-state index in [2.05, 4.69) is 15.6 Å². The Morgan fingerprint density at radius 3 is 2.65 bits per heavy atom. The molecule has 0 radical (unpaired) electrons. The van der Waals surface area contributed by atoms with Gasteiger partial charge in [0.25, 0.3) is 5.91 Å². The summed E-state index contributed by atoms with van der Waals surface area (Å²) in [5.74, 6) is 1.09. The Morgan fingerprint density at radius 1 is 1.10 bits per heavy atom. The van der Waals surface area contributed by atoms with Crippen LogP contribution >= 0.6 is 11.3 Å². The number of hydrogen-bond acceptors (Lipinski definition) is 7. The molecule has 2 aromatic heterocycles. The molecular formula is C29H27N5O5S. The molecule has 6 rings (SSSR count). The van der Waals surface area contributed by atoms with Crippen LogP contribution in [0.4, 0.5) is 21.9 Å². The van der Waals surface area contributed by atoms with E-state index in [4.69, 9.17) is 9.47 Å². The van der Waals surface area contributed by atoms with Crippen molar-refractivity contribution < 1.29 is 23.9 Å². The summed E-state index contributed by atoms with van der Waals surface area (Å²) >= 11 is 1.23. The summed E-state index contributed by atoms with van der Waals surface area (Å²) in [6.45, 7) is 3.18. The Kier molecular flexibility index (Phi) is 6.82. The zero-order valence-electron chi connectivity index (χ0n) is 22.0. The fourth-order valence-electron chi connectivity index (χ4n) is 4.92. The third-order valence-electron chi connectivity index (χ3n) is 6.93.